The summed E-state index contributed by atoms with van der Waals surface area (Å²) in [5, 5.41) is 66.7. The minimum Gasteiger partial charge on any atom is -0.458 e. The Hall–Kier alpha value is -2.29. The van der Waals surface area contributed by atoms with Gasteiger partial charge in [-0.05, 0) is 51.4 Å². The lowest BCUT2D eigenvalue weighted by Crippen LogP contribution is -2.62. The summed E-state index contributed by atoms with van der Waals surface area (Å²) in [6.45, 7) is 18.6. The number of hydrogen-bond donors (Lipinski definition) is 6. The van der Waals surface area contributed by atoms with Crippen molar-refractivity contribution in [1.82, 2.24) is 0 Å². The third-order valence-corrected chi connectivity index (χ3v) is 13.5. The Labute approximate surface area is 340 Å². The highest BCUT2D eigenvalue weighted by Gasteiger charge is 2.56. The fourth-order valence-corrected chi connectivity index (χ4v) is 9.07. The van der Waals surface area contributed by atoms with Gasteiger partial charge in [0.25, 0.3) is 0 Å². The average molecular weight is 807 g/mol. The normalized spacial score (nSPS) is 47.5. The van der Waals surface area contributed by atoms with Crippen molar-refractivity contribution in [2.75, 3.05) is 0 Å². The van der Waals surface area contributed by atoms with E-state index in [0.29, 0.717) is 25.7 Å². The Morgan fingerprint density at radius 3 is 2.11 bits per heavy atom. The maximum absolute atomic E-state index is 13.5. The molecule has 0 aromatic carbocycles. The highest BCUT2D eigenvalue weighted by atomic mass is 16.7. The van der Waals surface area contributed by atoms with Gasteiger partial charge in [0.05, 0.1) is 42.7 Å². The molecule has 0 aromatic rings. The third kappa shape index (κ3) is 11.7. The molecular weight excluding hydrogens is 732 g/mol. The summed E-state index contributed by atoms with van der Waals surface area (Å²) >= 11 is 0. The predicted molar refractivity (Wildman–Crippen MR) is 216 cm³/mol. The van der Waals surface area contributed by atoms with Crippen LogP contribution in [0.2, 0.25) is 0 Å². The SMILES string of the molecule is CCC1/C=C/C=C/C[C@H](C)[C@@H](O)[C@](C)(O)C(=O)[C@H](C)[C@@H](O)[C@H](C)C(=O)[C@H](C)[C@@H](O)[C@H](C)/C=C/C(=O)O[C@H]2[C@@H](C)[C@@H](C[C@H]1O)O[C@@]1(CC[C@@H](C)[C@@H](C[C@H](C)O)O1)[C@@H]2C. The Morgan fingerprint density at radius 1 is 0.860 bits per heavy atom. The van der Waals surface area contributed by atoms with Gasteiger partial charge in [0.1, 0.15) is 17.5 Å². The molecule has 326 valence electrons. The highest BCUT2D eigenvalue weighted by Crippen LogP contribution is 2.49. The molecule has 3 aliphatic rings. The second-order valence-electron chi connectivity index (χ2n) is 18.1. The van der Waals surface area contributed by atoms with E-state index in [1.165, 1.54) is 39.8 Å². The predicted octanol–water partition coefficient (Wildman–Crippen LogP) is 4.85. The van der Waals surface area contributed by atoms with Crippen molar-refractivity contribution < 1.29 is 59.2 Å². The topological polar surface area (TPSA) is 200 Å². The summed E-state index contributed by atoms with van der Waals surface area (Å²) in [7, 11) is 0. The number of carbonyl (C=O) groups is 3. The monoisotopic (exact) mass is 807 g/mol. The van der Waals surface area contributed by atoms with Crippen molar-refractivity contribution in [1.29, 1.82) is 0 Å². The smallest absolute Gasteiger partial charge is 0.330 e. The van der Waals surface area contributed by atoms with Gasteiger partial charge in [0.15, 0.2) is 11.6 Å². The van der Waals surface area contributed by atoms with Crippen LogP contribution < -0.4 is 0 Å². The van der Waals surface area contributed by atoms with Gasteiger partial charge in [0.2, 0.25) is 0 Å². The highest BCUT2D eigenvalue weighted by molar-refractivity contribution is 5.91. The van der Waals surface area contributed by atoms with Gasteiger partial charge in [-0.15, -0.1) is 0 Å². The van der Waals surface area contributed by atoms with Gasteiger partial charge in [-0.25, -0.2) is 4.79 Å². The van der Waals surface area contributed by atoms with Crippen LogP contribution in [-0.4, -0.2) is 108 Å². The summed E-state index contributed by atoms with van der Waals surface area (Å²) in [5.41, 5.74) is -2.22. The molecule has 12 nitrogen and oxygen atoms in total. The van der Waals surface area contributed by atoms with E-state index in [2.05, 4.69) is 6.92 Å². The first-order valence-electron chi connectivity index (χ1n) is 21.3. The van der Waals surface area contributed by atoms with E-state index in [4.69, 9.17) is 14.2 Å². The minimum absolute atomic E-state index is 0.164. The summed E-state index contributed by atoms with van der Waals surface area (Å²) in [5.74, 6) is -8.49. The van der Waals surface area contributed by atoms with Gasteiger partial charge in [-0.3, -0.25) is 9.59 Å². The number of Topliss-reactive ketones (excluding diaryl/α,β-unsaturated/α-hetero) is 2. The first kappa shape index (κ1) is 49.1. The summed E-state index contributed by atoms with van der Waals surface area (Å²) < 4.78 is 19.8. The van der Waals surface area contributed by atoms with E-state index in [-0.39, 0.29) is 30.3 Å². The van der Waals surface area contributed by atoms with Crippen molar-refractivity contribution in [3.63, 3.8) is 0 Å². The van der Waals surface area contributed by atoms with Crippen LogP contribution in [0.3, 0.4) is 0 Å². The third-order valence-electron chi connectivity index (χ3n) is 13.5. The Morgan fingerprint density at radius 2 is 1.49 bits per heavy atom. The molecule has 6 N–H and O–H groups in total. The number of rotatable bonds is 3. The minimum atomic E-state index is -2.22. The number of aliphatic hydroxyl groups is 6. The molecule has 0 aliphatic carbocycles. The molecule has 1 spiro atoms. The summed E-state index contributed by atoms with van der Waals surface area (Å²) in [6, 6.07) is 0. The zero-order valence-electron chi connectivity index (χ0n) is 36.2. The first-order chi connectivity index (χ1) is 26.5. The zero-order chi connectivity index (χ0) is 43.2. The van der Waals surface area contributed by atoms with E-state index >= 15 is 0 Å². The molecule has 0 saturated carbocycles. The zero-order valence-corrected chi connectivity index (χ0v) is 36.2. The van der Waals surface area contributed by atoms with Crippen LogP contribution in [0.1, 0.15) is 115 Å². The number of aliphatic hydroxyl groups excluding tert-OH is 5. The molecule has 57 heavy (non-hydrogen) atoms. The molecule has 0 radical (unpaired) electrons. The van der Waals surface area contributed by atoms with Crippen molar-refractivity contribution in [3.05, 3.63) is 36.5 Å². The van der Waals surface area contributed by atoms with Gasteiger partial charge < -0.3 is 44.8 Å². The number of fused-ring (bicyclic) bond motifs is 2. The van der Waals surface area contributed by atoms with Crippen LogP contribution in [0.5, 0.6) is 0 Å². The largest absolute Gasteiger partial charge is 0.458 e. The quantitative estimate of drug-likeness (QED) is 0.212. The second-order valence-corrected chi connectivity index (χ2v) is 18.1. The molecular formula is C45H74O12. The van der Waals surface area contributed by atoms with Crippen molar-refractivity contribution in [3.8, 4) is 0 Å². The van der Waals surface area contributed by atoms with Crippen LogP contribution >= 0.6 is 0 Å². The van der Waals surface area contributed by atoms with Gasteiger partial charge >= 0.3 is 5.97 Å². The van der Waals surface area contributed by atoms with Gasteiger partial charge in [-0.1, -0.05) is 92.7 Å². The van der Waals surface area contributed by atoms with E-state index in [1.54, 1.807) is 32.9 Å². The number of ether oxygens (including phenoxy) is 3. The lowest BCUT2D eigenvalue weighted by Gasteiger charge is -2.55. The molecule has 0 aromatic heterocycles. The van der Waals surface area contributed by atoms with E-state index in [9.17, 15) is 45.0 Å². The Bertz CT molecular complexity index is 1420. The lowest BCUT2D eigenvalue weighted by molar-refractivity contribution is -0.372. The van der Waals surface area contributed by atoms with Crippen LogP contribution in [-0.2, 0) is 28.6 Å². The summed E-state index contributed by atoms with van der Waals surface area (Å²) in [4.78, 5) is 40.6. The fourth-order valence-electron chi connectivity index (χ4n) is 9.07. The van der Waals surface area contributed by atoms with E-state index in [1.807, 2.05) is 32.9 Å². The number of esters is 1. The molecule has 3 aliphatic heterocycles. The van der Waals surface area contributed by atoms with Crippen molar-refractivity contribution in [2.45, 2.75) is 175 Å². The molecule has 12 heteroatoms. The van der Waals surface area contributed by atoms with E-state index < -0.39 is 107 Å². The first-order valence-corrected chi connectivity index (χ1v) is 21.3. The lowest BCUT2D eigenvalue weighted by atomic mass is 9.74. The molecule has 19 atom stereocenters. The number of ketones is 2. The average Bonchev–Trinajstić information content (AvgIpc) is 3.17. The molecule has 3 heterocycles. The number of hydrogen-bond acceptors (Lipinski definition) is 12. The summed E-state index contributed by atoms with van der Waals surface area (Å²) in [6.07, 6.45) is 5.74. The second kappa shape index (κ2) is 20.8. The van der Waals surface area contributed by atoms with E-state index in [0.717, 1.165) is 6.42 Å². The fraction of sp³-hybridized carbons (Fsp3) is 0.800. The number of allylic oxidation sites excluding steroid dienone is 3. The maximum atomic E-state index is 13.5. The molecule has 2 saturated heterocycles. The Balaban J connectivity index is 2.02. The molecule has 0 amide bonds. The number of carbonyl (C=O) groups excluding carboxylic acids is 3. The van der Waals surface area contributed by atoms with Crippen LogP contribution in [0.15, 0.2) is 36.5 Å². The molecule has 3 rings (SSSR count). The standard InChI is InChI=1S/C45H74O12/c1-12-33-17-15-13-14-16-26(4)42(52)44(11,54)43(53)31(9)40(51)30(8)39(50)29(7)38(49)25(3)18-19-37(48)55-41-28(6)36(23-34(33)47)57-45(32(41)10)21-20-24(2)35(56-45)22-27(5)46/h13-15,17-19,24-36,38,40-42,46-47,49,51-52,54H,12,16,20-23H2,1-11H3/b14-13+,17-15+,19-18+/t24-,25-,26+,27+,28+,29-,30-,31-,32-,33?,34-,35-,36-,38+,40+,41+,42-,44+,45+/m1/s1. The maximum Gasteiger partial charge on any atom is 0.330 e. The van der Waals surface area contributed by atoms with Crippen LogP contribution in [0.25, 0.3) is 0 Å². The van der Waals surface area contributed by atoms with Crippen LogP contribution in [0, 0.1) is 53.3 Å². The van der Waals surface area contributed by atoms with Crippen molar-refractivity contribution >= 4 is 17.5 Å². The molecule has 1 unspecified atom stereocenters. The van der Waals surface area contributed by atoms with Crippen LogP contribution in [0.4, 0.5) is 0 Å². The molecule has 2 bridgehead atoms. The Kier molecular flexibility index (Phi) is 17.9. The molecule has 2 fully saturated rings. The van der Waals surface area contributed by atoms with Crippen molar-refractivity contribution in [2.24, 2.45) is 53.3 Å². The van der Waals surface area contributed by atoms with Gasteiger partial charge in [0, 0.05) is 60.3 Å². The van der Waals surface area contributed by atoms with Gasteiger partial charge in [-0.2, -0.15) is 0 Å².